The van der Waals surface area contributed by atoms with Crippen LogP contribution in [0, 0.1) is 3.57 Å². The quantitative estimate of drug-likeness (QED) is 0.773. The normalized spacial score (nSPS) is 15.8. The maximum absolute atomic E-state index is 12.1. The summed E-state index contributed by atoms with van der Waals surface area (Å²) in [7, 11) is 0. The summed E-state index contributed by atoms with van der Waals surface area (Å²) in [5.74, 6) is 0.0131. The van der Waals surface area contributed by atoms with Gasteiger partial charge in [-0.2, -0.15) is 0 Å². The number of carbonyl (C=O) groups is 1. The van der Waals surface area contributed by atoms with Crippen molar-refractivity contribution >= 4 is 28.5 Å². The number of hydrogen-bond acceptors (Lipinski definition) is 2. The molecule has 1 unspecified atom stereocenters. The van der Waals surface area contributed by atoms with Crippen LogP contribution in [0.2, 0.25) is 0 Å². The Morgan fingerprint density at radius 1 is 1.10 bits per heavy atom. The Labute approximate surface area is 138 Å². The zero-order valence-electron chi connectivity index (χ0n) is 11.6. The summed E-state index contributed by atoms with van der Waals surface area (Å²) >= 11 is 2.28. The number of fused-ring (bicyclic) bond motifs is 1. The van der Waals surface area contributed by atoms with Gasteiger partial charge >= 0.3 is 0 Å². The third-order valence-corrected chi connectivity index (χ3v) is 4.59. The van der Waals surface area contributed by atoms with E-state index in [1.807, 2.05) is 42.5 Å². The smallest absolute Gasteiger partial charge is 0.251 e. The number of aryl methyl sites for hydroxylation is 1. The van der Waals surface area contributed by atoms with Crippen molar-refractivity contribution in [1.82, 2.24) is 5.32 Å². The Bertz CT molecular complexity index is 667. The van der Waals surface area contributed by atoms with Gasteiger partial charge in [0.05, 0.1) is 6.04 Å². The van der Waals surface area contributed by atoms with Crippen LogP contribution in [0.15, 0.2) is 42.5 Å². The Morgan fingerprint density at radius 3 is 2.57 bits per heavy atom. The van der Waals surface area contributed by atoms with Crippen molar-refractivity contribution in [3.8, 4) is 0 Å². The van der Waals surface area contributed by atoms with Gasteiger partial charge in [-0.1, -0.05) is 24.3 Å². The van der Waals surface area contributed by atoms with Gasteiger partial charge in [0.15, 0.2) is 0 Å². The molecule has 0 spiro atoms. The van der Waals surface area contributed by atoms with Crippen LogP contribution in [0.4, 0.5) is 0 Å². The van der Waals surface area contributed by atoms with E-state index in [-0.39, 0.29) is 11.9 Å². The maximum Gasteiger partial charge on any atom is 0.251 e. The molecule has 3 rings (SSSR count). The van der Waals surface area contributed by atoms with E-state index in [4.69, 9.17) is 5.73 Å². The van der Waals surface area contributed by atoms with Gasteiger partial charge in [0, 0.05) is 15.7 Å². The number of halogens is 1. The second-order valence-electron chi connectivity index (χ2n) is 5.31. The van der Waals surface area contributed by atoms with Gasteiger partial charge in [-0.25, -0.2) is 0 Å². The molecule has 3 N–H and O–H groups in total. The Kier molecular flexibility index (Phi) is 4.26. The van der Waals surface area contributed by atoms with E-state index in [1.165, 1.54) is 3.57 Å². The van der Waals surface area contributed by atoms with Crippen molar-refractivity contribution in [2.45, 2.75) is 18.9 Å². The van der Waals surface area contributed by atoms with Crippen LogP contribution in [0.5, 0.6) is 0 Å². The topological polar surface area (TPSA) is 55.1 Å². The minimum absolute atomic E-state index is 0.0131. The summed E-state index contributed by atoms with van der Waals surface area (Å²) in [6.07, 6.45) is 1.92. The van der Waals surface area contributed by atoms with E-state index in [0.29, 0.717) is 0 Å². The maximum atomic E-state index is 12.1. The molecule has 0 saturated carbocycles. The van der Waals surface area contributed by atoms with Crippen LogP contribution < -0.4 is 11.1 Å². The first-order chi connectivity index (χ1) is 10.1. The highest BCUT2D eigenvalue weighted by molar-refractivity contribution is 14.1. The molecular formula is C17H17IN2O. The standard InChI is InChI=1S/C17H17IN2O/c18-14-7-5-12(6-8-14)16(19)13-4-3-11-2-1-9-20-17(21)15(11)10-13/h3-8,10,16H,1-2,9,19H2,(H,20,21). The van der Waals surface area contributed by atoms with Crippen molar-refractivity contribution in [3.63, 3.8) is 0 Å². The SMILES string of the molecule is NC(c1ccc(I)cc1)c1ccc2c(c1)C(=O)NCCC2. The molecule has 21 heavy (non-hydrogen) atoms. The van der Waals surface area contributed by atoms with Crippen molar-refractivity contribution in [2.75, 3.05) is 6.54 Å². The lowest BCUT2D eigenvalue weighted by Crippen LogP contribution is -2.23. The molecule has 1 aliphatic rings. The van der Waals surface area contributed by atoms with E-state index < -0.39 is 0 Å². The number of rotatable bonds is 2. The average Bonchev–Trinajstić information content (AvgIpc) is 2.69. The van der Waals surface area contributed by atoms with Gasteiger partial charge in [-0.15, -0.1) is 0 Å². The van der Waals surface area contributed by atoms with Gasteiger partial charge in [0.2, 0.25) is 0 Å². The molecule has 1 amide bonds. The number of carbonyl (C=O) groups excluding carboxylic acids is 1. The second-order valence-corrected chi connectivity index (χ2v) is 6.55. The zero-order valence-corrected chi connectivity index (χ0v) is 13.8. The molecule has 2 aromatic rings. The van der Waals surface area contributed by atoms with Gasteiger partial charge in [0.25, 0.3) is 5.91 Å². The molecule has 0 aliphatic carbocycles. The predicted octanol–water partition coefficient (Wildman–Crippen LogP) is 3.02. The van der Waals surface area contributed by atoms with Crippen LogP contribution in [-0.4, -0.2) is 12.5 Å². The summed E-state index contributed by atoms with van der Waals surface area (Å²) in [6, 6.07) is 14.0. The molecule has 0 saturated heterocycles. The van der Waals surface area contributed by atoms with E-state index in [2.05, 4.69) is 27.9 Å². The molecule has 1 atom stereocenters. The summed E-state index contributed by atoms with van der Waals surface area (Å²) in [5.41, 5.74) is 10.3. The van der Waals surface area contributed by atoms with Crippen molar-refractivity contribution in [1.29, 1.82) is 0 Å². The van der Waals surface area contributed by atoms with Crippen molar-refractivity contribution in [2.24, 2.45) is 5.73 Å². The van der Waals surface area contributed by atoms with Gasteiger partial charge in [-0.05, 0) is 70.3 Å². The fourth-order valence-corrected chi connectivity index (χ4v) is 3.02. The lowest BCUT2D eigenvalue weighted by Gasteiger charge is -2.15. The first-order valence-electron chi connectivity index (χ1n) is 7.07. The van der Waals surface area contributed by atoms with Crippen LogP contribution in [0.3, 0.4) is 0 Å². The highest BCUT2D eigenvalue weighted by Crippen LogP contribution is 2.24. The number of nitrogens with two attached hydrogens (primary N) is 1. The van der Waals surface area contributed by atoms with Gasteiger partial charge in [-0.3, -0.25) is 4.79 Å². The van der Waals surface area contributed by atoms with E-state index in [1.54, 1.807) is 0 Å². The largest absolute Gasteiger partial charge is 0.352 e. The lowest BCUT2D eigenvalue weighted by molar-refractivity contribution is 0.0956. The molecule has 0 radical (unpaired) electrons. The minimum atomic E-state index is -0.205. The third-order valence-electron chi connectivity index (χ3n) is 3.88. The number of hydrogen-bond donors (Lipinski definition) is 2. The van der Waals surface area contributed by atoms with E-state index in [0.717, 1.165) is 41.6 Å². The molecule has 0 aromatic heterocycles. The molecule has 108 valence electrons. The summed E-state index contributed by atoms with van der Waals surface area (Å²) in [6.45, 7) is 0.742. The second kappa shape index (κ2) is 6.15. The molecule has 1 aliphatic heterocycles. The summed E-state index contributed by atoms with van der Waals surface area (Å²) in [4.78, 5) is 12.1. The molecule has 0 fully saturated rings. The average molecular weight is 392 g/mol. The van der Waals surface area contributed by atoms with Gasteiger partial charge < -0.3 is 11.1 Å². The fourth-order valence-electron chi connectivity index (χ4n) is 2.66. The van der Waals surface area contributed by atoms with Crippen LogP contribution in [0.1, 0.15) is 39.5 Å². The highest BCUT2D eigenvalue weighted by Gasteiger charge is 2.17. The minimum Gasteiger partial charge on any atom is -0.352 e. The Morgan fingerprint density at radius 2 is 1.81 bits per heavy atom. The molecule has 4 heteroatoms. The lowest BCUT2D eigenvalue weighted by atomic mass is 9.94. The van der Waals surface area contributed by atoms with Gasteiger partial charge in [0.1, 0.15) is 0 Å². The monoisotopic (exact) mass is 392 g/mol. The first kappa shape index (κ1) is 14.5. The number of benzene rings is 2. The molecule has 0 bridgehead atoms. The van der Waals surface area contributed by atoms with Crippen LogP contribution in [0.25, 0.3) is 0 Å². The summed E-state index contributed by atoms with van der Waals surface area (Å²) < 4.78 is 1.19. The van der Waals surface area contributed by atoms with Crippen molar-refractivity contribution in [3.05, 3.63) is 68.3 Å². The highest BCUT2D eigenvalue weighted by atomic mass is 127. The zero-order chi connectivity index (χ0) is 14.8. The number of nitrogens with one attached hydrogen (secondary N) is 1. The fraction of sp³-hybridized carbons (Fsp3) is 0.235. The third kappa shape index (κ3) is 3.11. The number of amides is 1. The molecular weight excluding hydrogens is 375 g/mol. The van der Waals surface area contributed by atoms with Crippen molar-refractivity contribution < 1.29 is 4.79 Å². The molecule has 1 heterocycles. The summed E-state index contributed by atoms with van der Waals surface area (Å²) in [5, 5.41) is 2.93. The molecule has 2 aromatic carbocycles. The molecule has 3 nitrogen and oxygen atoms in total. The Hall–Kier alpha value is -1.40. The Balaban J connectivity index is 1.96. The first-order valence-corrected chi connectivity index (χ1v) is 8.15. The van der Waals surface area contributed by atoms with E-state index in [9.17, 15) is 4.79 Å². The van der Waals surface area contributed by atoms with Crippen LogP contribution in [-0.2, 0) is 6.42 Å². The van der Waals surface area contributed by atoms with E-state index >= 15 is 0 Å². The van der Waals surface area contributed by atoms with Crippen LogP contribution >= 0.6 is 22.6 Å². The predicted molar refractivity (Wildman–Crippen MR) is 92.3 cm³/mol.